The number of rotatable bonds is 1. The Hall–Kier alpha value is -1.60. The van der Waals surface area contributed by atoms with Crippen LogP contribution in [0.4, 0.5) is 0 Å². The molecule has 1 aliphatic carbocycles. The maximum Gasteiger partial charge on any atom is 0.242 e. The molecule has 0 spiro atoms. The summed E-state index contributed by atoms with van der Waals surface area (Å²) >= 11 is 3.44. The highest BCUT2D eigenvalue weighted by Gasteiger charge is 2.43. The summed E-state index contributed by atoms with van der Waals surface area (Å²) in [5.74, 6) is -0.548. The van der Waals surface area contributed by atoms with Gasteiger partial charge in [0.25, 0.3) is 0 Å². The van der Waals surface area contributed by atoms with Gasteiger partial charge in [-0.2, -0.15) is 5.26 Å². The number of nitrogens with zero attached hydrogens (tertiary/aromatic N) is 1. The Morgan fingerprint density at radius 3 is 2.71 bits per heavy atom. The molecular formula is C17H17BrN2O. The largest absolute Gasteiger partial charge is 0.328 e. The second-order valence-corrected chi connectivity index (χ2v) is 6.78. The van der Waals surface area contributed by atoms with Gasteiger partial charge in [-0.15, -0.1) is 0 Å². The van der Waals surface area contributed by atoms with Crippen molar-refractivity contribution < 1.29 is 4.79 Å². The number of piperidine rings is 1. The number of allylic oxidation sites excluding steroid dienone is 2. The summed E-state index contributed by atoms with van der Waals surface area (Å²) in [5.41, 5.74) is 3.40. The van der Waals surface area contributed by atoms with Gasteiger partial charge in [0.05, 0.1) is 6.07 Å². The first kappa shape index (κ1) is 14.3. The number of amides is 1. The second kappa shape index (κ2) is 5.65. The Morgan fingerprint density at radius 1 is 1.33 bits per heavy atom. The van der Waals surface area contributed by atoms with E-state index >= 15 is 0 Å². The van der Waals surface area contributed by atoms with Gasteiger partial charge < -0.3 is 5.32 Å². The summed E-state index contributed by atoms with van der Waals surface area (Å²) in [6.07, 6.45) is 3.20. The van der Waals surface area contributed by atoms with Gasteiger partial charge >= 0.3 is 0 Å². The Labute approximate surface area is 133 Å². The van der Waals surface area contributed by atoms with Crippen molar-refractivity contribution in [2.45, 2.75) is 32.1 Å². The van der Waals surface area contributed by atoms with Crippen LogP contribution in [-0.4, -0.2) is 5.91 Å². The fraction of sp³-hybridized carbons (Fsp3) is 0.412. The first-order valence-corrected chi connectivity index (χ1v) is 8.06. The topological polar surface area (TPSA) is 52.9 Å². The fourth-order valence-electron chi connectivity index (χ4n) is 3.60. The molecule has 1 aliphatic heterocycles. The van der Waals surface area contributed by atoms with E-state index in [1.54, 1.807) is 0 Å². The summed E-state index contributed by atoms with van der Waals surface area (Å²) in [6.45, 7) is 2.09. The molecule has 108 valence electrons. The van der Waals surface area contributed by atoms with Crippen LogP contribution in [0.1, 0.15) is 37.7 Å². The summed E-state index contributed by atoms with van der Waals surface area (Å²) in [6, 6.07) is 10.2. The van der Waals surface area contributed by atoms with Crippen molar-refractivity contribution >= 4 is 21.8 Å². The lowest BCUT2D eigenvalue weighted by Crippen LogP contribution is -2.46. The van der Waals surface area contributed by atoms with Crippen LogP contribution < -0.4 is 5.32 Å². The molecule has 3 atom stereocenters. The highest BCUT2D eigenvalue weighted by molar-refractivity contribution is 9.10. The van der Waals surface area contributed by atoms with Gasteiger partial charge in [-0.05, 0) is 43.9 Å². The van der Waals surface area contributed by atoms with Gasteiger partial charge in [0.15, 0.2) is 0 Å². The summed E-state index contributed by atoms with van der Waals surface area (Å²) in [5, 5.41) is 12.5. The van der Waals surface area contributed by atoms with Crippen LogP contribution >= 0.6 is 15.9 Å². The van der Waals surface area contributed by atoms with Crippen LogP contribution in [0.25, 0.3) is 0 Å². The minimum absolute atomic E-state index is 0.0397. The molecule has 3 rings (SSSR count). The Kier molecular flexibility index (Phi) is 3.86. The van der Waals surface area contributed by atoms with Crippen molar-refractivity contribution in [3.05, 3.63) is 45.6 Å². The molecule has 1 aromatic rings. The third-order valence-electron chi connectivity index (χ3n) is 4.62. The highest BCUT2D eigenvalue weighted by Crippen LogP contribution is 2.45. The number of carbonyl (C=O) groups is 1. The van der Waals surface area contributed by atoms with Gasteiger partial charge in [0.2, 0.25) is 5.91 Å². The standard InChI is InChI=1S/C17H17BrN2O/c1-10-3-2-4-13-15(11-5-7-12(18)8-6-11)14(9-19)17(21)20-16(10)13/h5-8,13-15H,2-4H2,1H3,(H,20,21). The normalized spacial score (nSPS) is 28.6. The Balaban J connectivity index is 2.08. The maximum absolute atomic E-state index is 12.3. The summed E-state index contributed by atoms with van der Waals surface area (Å²) in [7, 11) is 0. The van der Waals surface area contributed by atoms with Gasteiger partial charge in [-0.3, -0.25) is 4.79 Å². The van der Waals surface area contributed by atoms with Gasteiger partial charge in [0, 0.05) is 22.0 Å². The molecule has 2 aliphatic rings. The SMILES string of the molecule is CC1=C2NC(=O)C(C#N)C(c3ccc(Br)cc3)C2CCC1. The van der Waals surface area contributed by atoms with Crippen LogP contribution in [0.5, 0.6) is 0 Å². The third kappa shape index (κ3) is 2.51. The third-order valence-corrected chi connectivity index (χ3v) is 5.15. The van der Waals surface area contributed by atoms with E-state index in [9.17, 15) is 10.1 Å². The van der Waals surface area contributed by atoms with Crippen LogP contribution in [0.15, 0.2) is 40.0 Å². The monoisotopic (exact) mass is 344 g/mol. The van der Waals surface area contributed by atoms with Gasteiger partial charge in [-0.25, -0.2) is 0 Å². The van der Waals surface area contributed by atoms with Crippen LogP contribution in [0.2, 0.25) is 0 Å². The van der Waals surface area contributed by atoms with E-state index in [1.807, 2.05) is 24.3 Å². The van der Waals surface area contributed by atoms with E-state index < -0.39 is 5.92 Å². The van der Waals surface area contributed by atoms with Crippen molar-refractivity contribution in [1.82, 2.24) is 5.32 Å². The first-order chi connectivity index (χ1) is 10.1. The quantitative estimate of drug-likeness (QED) is 0.840. The fourth-order valence-corrected chi connectivity index (χ4v) is 3.86. The number of hydrogen-bond acceptors (Lipinski definition) is 2. The number of benzene rings is 1. The molecule has 0 radical (unpaired) electrons. The number of halogens is 1. The average Bonchev–Trinajstić information content (AvgIpc) is 2.48. The Bertz CT molecular complexity index is 642. The molecule has 1 amide bonds. The number of nitrogens with one attached hydrogen (secondary N) is 1. The molecule has 1 N–H and O–H groups in total. The van der Waals surface area contributed by atoms with Crippen LogP contribution in [-0.2, 0) is 4.79 Å². The first-order valence-electron chi connectivity index (χ1n) is 7.27. The number of nitriles is 1. The van der Waals surface area contributed by atoms with E-state index in [4.69, 9.17) is 0 Å². The van der Waals surface area contributed by atoms with Crippen molar-refractivity contribution in [3.63, 3.8) is 0 Å². The zero-order valence-electron chi connectivity index (χ0n) is 11.9. The molecule has 1 aromatic carbocycles. The lowest BCUT2D eigenvalue weighted by molar-refractivity contribution is -0.125. The van der Waals surface area contributed by atoms with Gasteiger partial charge in [-0.1, -0.05) is 33.6 Å². The van der Waals surface area contributed by atoms with Crippen LogP contribution in [0.3, 0.4) is 0 Å². The summed E-state index contributed by atoms with van der Waals surface area (Å²) < 4.78 is 1.01. The predicted octanol–water partition coefficient (Wildman–Crippen LogP) is 3.88. The van der Waals surface area contributed by atoms with E-state index in [2.05, 4.69) is 34.2 Å². The molecule has 3 nitrogen and oxygen atoms in total. The number of fused-ring (bicyclic) bond motifs is 1. The molecule has 4 heteroatoms. The minimum Gasteiger partial charge on any atom is -0.328 e. The molecular weight excluding hydrogens is 328 g/mol. The molecule has 21 heavy (non-hydrogen) atoms. The summed E-state index contributed by atoms with van der Waals surface area (Å²) in [4.78, 5) is 12.3. The lowest BCUT2D eigenvalue weighted by Gasteiger charge is -2.40. The van der Waals surface area contributed by atoms with Gasteiger partial charge in [0.1, 0.15) is 5.92 Å². The number of hydrogen-bond donors (Lipinski definition) is 1. The molecule has 0 bridgehead atoms. The van der Waals surface area contributed by atoms with E-state index in [0.29, 0.717) is 0 Å². The molecule has 1 fully saturated rings. The predicted molar refractivity (Wildman–Crippen MR) is 84.2 cm³/mol. The van der Waals surface area contributed by atoms with Crippen molar-refractivity contribution in [1.29, 1.82) is 5.26 Å². The van der Waals surface area contributed by atoms with Crippen LogP contribution in [0, 0.1) is 23.2 Å². The molecule has 3 unspecified atom stereocenters. The minimum atomic E-state index is -0.606. The average molecular weight is 345 g/mol. The lowest BCUT2D eigenvalue weighted by atomic mass is 9.68. The van der Waals surface area contributed by atoms with Crippen molar-refractivity contribution in [3.8, 4) is 6.07 Å². The molecule has 1 saturated heterocycles. The Morgan fingerprint density at radius 2 is 2.05 bits per heavy atom. The van der Waals surface area contributed by atoms with Crippen molar-refractivity contribution in [2.75, 3.05) is 0 Å². The van der Waals surface area contributed by atoms with E-state index in [-0.39, 0.29) is 17.7 Å². The van der Waals surface area contributed by atoms with E-state index in [0.717, 1.165) is 35.0 Å². The molecule has 0 aromatic heterocycles. The molecule has 1 heterocycles. The zero-order chi connectivity index (χ0) is 15.0. The van der Waals surface area contributed by atoms with Crippen molar-refractivity contribution in [2.24, 2.45) is 11.8 Å². The maximum atomic E-state index is 12.3. The smallest absolute Gasteiger partial charge is 0.242 e. The molecule has 0 saturated carbocycles. The second-order valence-electron chi connectivity index (χ2n) is 5.87. The zero-order valence-corrected chi connectivity index (χ0v) is 13.5. The number of carbonyl (C=O) groups excluding carboxylic acids is 1. The van der Waals surface area contributed by atoms with E-state index in [1.165, 1.54) is 5.57 Å². The highest BCUT2D eigenvalue weighted by atomic mass is 79.9.